The molecule has 1 atom stereocenters. The van der Waals surface area contributed by atoms with E-state index in [-0.39, 0.29) is 5.91 Å². The minimum atomic E-state index is -0.401. The number of aryl methyl sites for hydroxylation is 1. The molecule has 3 rings (SSSR count). The van der Waals surface area contributed by atoms with Gasteiger partial charge in [-0.3, -0.25) is 4.79 Å². The number of nitrogens with zero attached hydrogens (tertiary/aromatic N) is 2. The van der Waals surface area contributed by atoms with Gasteiger partial charge < -0.3 is 14.5 Å². The first-order valence-corrected chi connectivity index (χ1v) is 9.32. The average Bonchev–Trinajstić information content (AvgIpc) is 3.26. The Bertz CT molecular complexity index is 862. The van der Waals surface area contributed by atoms with E-state index in [1.54, 1.807) is 14.0 Å². The molecule has 0 saturated heterocycles. The molecule has 0 aliphatic heterocycles. The third-order valence-corrected chi connectivity index (χ3v) is 5.19. The van der Waals surface area contributed by atoms with E-state index in [9.17, 15) is 4.79 Å². The zero-order valence-corrected chi connectivity index (χ0v) is 15.6. The Morgan fingerprint density at radius 2 is 2.20 bits per heavy atom. The van der Waals surface area contributed by atoms with Crippen LogP contribution in [0.3, 0.4) is 0 Å². The Morgan fingerprint density at radius 3 is 2.92 bits per heavy atom. The smallest absolute Gasteiger partial charge is 0.277 e. The summed E-state index contributed by atoms with van der Waals surface area (Å²) in [5.74, 6) is 0.921. The average molecular weight is 375 g/mol. The topological polar surface area (TPSA) is 77.2 Å². The summed E-state index contributed by atoms with van der Waals surface area (Å²) in [5.41, 5.74) is 1.68. The maximum atomic E-state index is 12.5. The van der Waals surface area contributed by atoms with Crippen molar-refractivity contribution in [2.24, 2.45) is 0 Å². The largest absolute Gasteiger partial charge is 0.495 e. The molecule has 2 heterocycles. The number of hydrogen-bond acceptors (Lipinski definition) is 7. The van der Waals surface area contributed by atoms with Crippen LogP contribution in [0.2, 0.25) is 0 Å². The summed E-state index contributed by atoms with van der Waals surface area (Å²) < 4.78 is 10.9. The van der Waals surface area contributed by atoms with Gasteiger partial charge in [0.05, 0.1) is 22.9 Å². The highest BCUT2D eigenvalue weighted by molar-refractivity contribution is 8.00. The van der Waals surface area contributed by atoms with Crippen molar-refractivity contribution in [2.45, 2.75) is 24.3 Å². The lowest BCUT2D eigenvalue weighted by Gasteiger charge is -2.13. The fourth-order valence-corrected chi connectivity index (χ4v) is 3.44. The number of rotatable bonds is 6. The second kappa shape index (κ2) is 7.71. The minimum Gasteiger partial charge on any atom is -0.495 e. The number of carbonyl (C=O) groups is 1. The molecule has 0 aliphatic carbocycles. The minimum absolute atomic E-state index is 0.162. The standard InChI is InChI=1S/C17H17N3O3S2/c1-10-6-7-13(22-3)12(9-10)18-15(21)11(2)25-17-20-19-16(23-17)14-5-4-8-24-14/h4-9,11H,1-3H3,(H,18,21)/t11-/m1/s1. The molecule has 0 spiro atoms. The number of carbonyl (C=O) groups excluding carboxylic acids is 1. The Hall–Kier alpha value is -2.32. The van der Waals surface area contributed by atoms with E-state index >= 15 is 0 Å². The van der Waals surface area contributed by atoms with Crippen LogP contribution in [-0.4, -0.2) is 28.5 Å². The highest BCUT2D eigenvalue weighted by Gasteiger charge is 2.20. The number of benzene rings is 1. The van der Waals surface area contributed by atoms with Gasteiger partial charge in [0.15, 0.2) is 0 Å². The van der Waals surface area contributed by atoms with Gasteiger partial charge >= 0.3 is 0 Å². The van der Waals surface area contributed by atoms with Crippen molar-refractivity contribution < 1.29 is 13.9 Å². The van der Waals surface area contributed by atoms with Crippen molar-refractivity contribution in [2.75, 3.05) is 12.4 Å². The van der Waals surface area contributed by atoms with E-state index in [4.69, 9.17) is 9.15 Å². The van der Waals surface area contributed by atoms with E-state index in [1.807, 2.05) is 42.6 Å². The van der Waals surface area contributed by atoms with Crippen LogP contribution in [0.4, 0.5) is 5.69 Å². The summed E-state index contributed by atoms with van der Waals surface area (Å²) >= 11 is 2.74. The van der Waals surface area contributed by atoms with E-state index < -0.39 is 5.25 Å². The monoisotopic (exact) mass is 375 g/mol. The summed E-state index contributed by atoms with van der Waals surface area (Å²) in [7, 11) is 1.57. The molecular formula is C17H17N3O3S2. The first-order chi connectivity index (χ1) is 12.1. The first-order valence-electron chi connectivity index (χ1n) is 7.56. The molecule has 0 bridgehead atoms. The third-order valence-electron chi connectivity index (χ3n) is 3.40. The van der Waals surface area contributed by atoms with Crippen LogP contribution in [0.1, 0.15) is 12.5 Å². The van der Waals surface area contributed by atoms with E-state index in [0.29, 0.717) is 22.6 Å². The zero-order valence-electron chi connectivity index (χ0n) is 14.0. The van der Waals surface area contributed by atoms with Gasteiger partial charge in [-0.05, 0) is 43.0 Å². The van der Waals surface area contributed by atoms with Crippen molar-refractivity contribution in [3.8, 4) is 16.5 Å². The van der Waals surface area contributed by atoms with E-state index in [1.165, 1.54) is 23.1 Å². The van der Waals surface area contributed by atoms with Crippen LogP contribution in [0.15, 0.2) is 45.4 Å². The fourth-order valence-electron chi connectivity index (χ4n) is 2.12. The molecule has 0 aliphatic rings. The van der Waals surface area contributed by atoms with Crippen LogP contribution in [0.5, 0.6) is 5.75 Å². The van der Waals surface area contributed by atoms with Gasteiger partial charge in [0, 0.05) is 0 Å². The molecule has 0 fully saturated rings. The quantitative estimate of drug-likeness (QED) is 0.650. The SMILES string of the molecule is COc1ccc(C)cc1NC(=O)[C@@H](C)Sc1nnc(-c2cccs2)o1. The Labute approximate surface area is 153 Å². The molecule has 25 heavy (non-hydrogen) atoms. The molecule has 0 saturated carbocycles. The summed E-state index contributed by atoms with van der Waals surface area (Å²) in [6, 6.07) is 9.45. The van der Waals surface area contributed by atoms with E-state index in [2.05, 4.69) is 15.5 Å². The van der Waals surface area contributed by atoms with Gasteiger partial charge in [0.25, 0.3) is 11.1 Å². The maximum absolute atomic E-state index is 12.5. The van der Waals surface area contributed by atoms with Gasteiger partial charge in [-0.2, -0.15) is 0 Å². The lowest BCUT2D eigenvalue weighted by Crippen LogP contribution is -2.22. The molecule has 0 radical (unpaired) electrons. The highest BCUT2D eigenvalue weighted by atomic mass is 32.2. The third kappa shape index (κ3) is 4.21. The molecule has 1 N–H and O–H groups in total. The molecule has 2 aromatic heterocycles. The first kappa shape index (κ1) is 17.5. The van der Waals surface area contributed by atoms with E-state index in [0.717, 1.165) is 10.4 Å². The van der Waals surface area contributed by atoms with Crippen LogP contribution >= 0.6 is 23.1 Å². The Morgan fingerprint density at radius 1 is 1.36 bits per heavy atom. The molecule has 1 aromatic carbocycles. The molecular weight excluding hydrogens is 358 g/mol. The number of thioether (sulfide) groups is 1. The number of nitrogens with one attached hydrogen (secondary N) is 1. The number of amides is 1. The van der Waals surface area contributed by atoms with Crippen LogP contribution in [-0.2, 0) is 4.79 Å². The second-order valence-corrected chi connectivity index (χ2v) is 7.54. The normalized spacial score (nSPS) is 12.0. The number of thiophene rings is 1. The molecule has 0 unspecified atom stereocenters. The molecule has 3 aromatic rings. The summed E-state index contributed by atoms with van der Waals surface area (Å²) in [5, 5.41) is 12.8. The van der Waals surface area contributed by atoms with Gasteiger partial charge in [0.2, 0.25) is 5.91 Å². The predicted molar refractivity (Wildman–Crippen MR) is 99.3 cm³/mol. The van der Waals surface area contributed by atoms with Gasteiger partial charge in [-0.1, -0.05) is 23.9 Å². The van der Waals surface area contributed by atoms with Crippen LogP contribution in [0, 0.1) is 6.92 Å². The predicted octanol–water partition coefficient (Wildman–Crippen LogP) is 4.23. The summed E-state index contributed by atoms with van der Waals surface area (Å²) in [6.45, 7) is 3.75. The number of hydrogen-bond donors (Lipinski definition) is 1. The second-order valence-electron chi connectivity index (χ2n) is 5.30. The number of methoxy groups -OCH3 is 1. The Balaban J connectivity index is 1.66. The zero-order chi connectivity index (χ0) is 17.8. The van der Waals surface area contributed by atoms with Crippen molar-refractivity contribution in [3.63, 3.8) is 0 Å². The van der Waals surface area contributed by atoms with Crippen LogP contribution in [0.25, 0.3) is 10.8 Å². The highest BCUT2D eigenvalue weighted by Crippen LogP contribution is 2.30. The van der Waals surface area contributed by atoms with Crippen LogP contribution < -0.4 is 10.1 Å². The van der Waals surface area contributed by atoms with Gasteiger partial charge in [-0.25, -0.2) is 0 Å². The molecule has 130 valence electrons. The lowest BCUT2D eigenvalue weighted by molar-refractivity contribution is -0.115. The molecule has 1 amide bonds. The van der Waals surface area contributed by atoms with Gasteiger partial charge in [-0.15, -0.1) is 21.5 Å². The number of aromatic nitrogens is 2. The Kier molecular flexibility index (Phi) is 5.40. The van der Waals surface area contributed by atoms with Crippen molar-refractivity contribution in [1.82, 2.24) is 10.2 Å². The fraction of sp³-hybridized carbons (Fsp3) is 0.235. The van der Waals surface area contributed by atoms with Gasteiger partial charge in [0.1, 0.15) is 5.75 Å². The van der Waals surface area contributed by atoms with Crippen molar-refractivity contribution >= 4 is 34.7 Å². The van der Waals surface area contributed by atoms with Crippen molar-refractivity contribution in [1.29, 1.82) is 0 Å². The number of ether oxygens (including phenoxy) is 1. The lowest BCUT2D eigenvalue weighted by atomic mass is 10.2. The maximum Gasteiger partial charge on any atom is 0.277 e. The molecule has 6 nitrogen and oxygen atoms in total. The van der Waals surface area contributed by atoms with Crippen molar-refractivity contribution in [3.05, 3.63) is 41.3 Å². The summed E-state index contributed by atoms with van der Waals surface area (Å²) in [6.07, 6.45) is 0. The summed E-state index contributed by atoms with van der Waals surface area (Å²) in [4.78, 5) is 13.4. The molecule has 8 heteroatoms. The number of anilines is 1.